The Labute approximate surface area is 231 Å². The monoisotopic (exact) mass is 539 g/mol. The fourth-order valence-corrected chi connectivity index (χ4v) is 4.87. The molecular weight excluding hydrogens is 498 g/mol. The van der Waals surface area contributed by atoms with Gasteiger partial charge in [-0.2, -0.15) is 11.8 Å². The van der Waals surface area contributed by atoms with Crippen LogP contribution in [0.25, 0.3) is 0 Å². The zero-order chi connectivity index (χ0) is 28.0. The van der Waals surface area contributed by atoms with E-state index in [1.807, 2.05) is 69.5 Å². The molecule has 2 aromatic carbocycles. The zero-order valence-corrected chi connectivity index (χ0v) is 24.4. The Morgan fingerprint density at radius 2 is 1.68 bits per heavy atom. The highest BCUT2D eigenvalue weighted by Crippen LogP contribution is 2.38. The van der Waals surface area contributed by atoms with E-state index in [0.717, 1.165) is 35.1 Å². The molecule has 206 valence electrons. The van der Waals surface area contributed by atoms with Crippen LogP contribution < -0.4 is 10.6 Å². The third-order valence-corrected chi connectivity index (χ3v) is 7.31. The van der Waals surface area contributed by atoms with Gasteiger partial charge in [-0.3, -0.25) is 9.59 Å². The minimum Gasteiger partial charge on any atom is -0.444 e. The predicted octanol–water partition coefficient (Wildman–Crippen LogP) is 5.93. The van der Waals surface area contributed by atoms with Crippen molar-refractivity contribution in [1.82, 2.24) is 10.2 Å². The van der Waals surface area contributed by atoms with Crippen LogP contribution in [0.3, 0.4) is 0 Å². The van der Waals surface area contributed by atoms with Crippen LogP contribution in [-0.4, -0.2) is 52.5 Å². The molecular formula is C30H41N3O4S. The van der Waals surface area contributed by atoms with Gasteiger partial charge in [-0.15, -0.1) is 0 Å². The highest BCUT2D eigenvalue weighted by Gasteiger charge is 2.44. The van der Waals surface area contributed by atoms with E-state index in [1.54, 1.807) is 37.4 Å². The molecule has 1 aliphatic rings. The number of ether oxygens (including phenoxy) is 1. The first-order valence-electron chi connectivity index (χ1n) is 13.2. The molecule has 0 heterocycles. The molecule has 0 radical (unpaired) electrons. The molecule has 0 saturated heterocycles. The molecule has 7 nitrogen and oxygen atoms in total. The molecule has 0 spiro atoms. The number of hydrogen-bond donors (Lipinski definition) is 2. The summed E-state index contributed by atoms with van der Waals surface area (Å²) in [5.41, 5.74) is 3.76. The number of thioether (sulfide) groups is 1. The molecule has 38 heavy (non-hydrogen) atoms. The number of carbonyl (C=O) groups excluding carboxylic acids is 3. The van der Waals surface area contributed by atoms with Crippen molar-refractivity contribution in [3.63, 3.8) is 0 Å². The maximum atomic E-state index is 14.2. The molecule has 8 heteroatoms. The van der Waals surface area contributed by atoms with Crippen molar-refractivity contribution >= 4 is 35.4 Å². The minimum absolute atomic E-state index is 0.0766. The number of para-hydroxylation sites is 1. The number of aryl methyl sites for hydroxylation is 2. The van der Waals surface area contributed by atoms with E-state index in [1.165, 1.54) is 0 Å². The molecule has 2 atom stereocenters. The molecule has 2 N–H and O–H groups in total. The van der Waals surface area contributed by atoms with Crippen LogP contribution in [0.4, 0.5) is 10.5 Å². The van der Waals surface area contributed by atoms with Crippen molar-refractivity contribution in [2.24, 2.45) is 0 Å². The third-order valence-electron chi connectivity index (χ3n) is 6.67. The SMILES string of the molecule is CSCCC(NC(=O)OC(C)(C)C)C(=O)N(C1CC1)C(C(=O)Nc1ccccc1C)c1cccc(C)c1C. The number of nitrogens with zero attached hydrogens (tertiary/aromatic N) is 1. The summed E-state index contributed by atoms with van der Waals surface area (Å²) in [5.74, 6) is 0.140. The number of nitrogens with one attached hydrogen (secondary N) is 2. The zero-order valence-electron chi connectivity index (χ0n) is 23.6. The van der Waals surface area contributed by atoms with Gasteiger partial charge >= 0.3 is 6.09 Å². The van der Waals surface area contributed by atoms with E-state index in [9.17, 15) is 14.4 Å². The van der Waals surface area contributed by atoms with E-state index in [2.05, 4.69) is 10.6 Å². The van der Waals surface area contributed by atoms with Gasteiger partial charge in [0, 0.05) is 11.7 Å². The summed E-state index contributed by atoms with van der Waals surface area (Å²) in [6.07, 6.45) is 3.38. The quantitative estimate of drug-likeness (QED) is 0.391. The van der Waals surface area contributed by atoms with Gasteiger partial charge < -0.3 is 20.3 Å². The Kier molecular flexibility index (Phi) is 9.88. The number of amides is 3. The Morgan fingerprint density at radius 1 is 1.03 bits per heavy atom. The summed E-state index contributed by atoms with van der Waals surface area (Å²) in [6, 6.07) is 11.7. The average molecular weight is 540 g/mol. The van der Waals surface area contributed by atoms with Gasteiger partial charge in [-0.25, -0.2) is 4.79 Å². The van der Waals surface area contributed by atoms with E-state index in [0.29, 0.717) is 17.9 Å². The summed E-state index contributed by atoms with van der Waals surface area (Å²) in [6.45, 7) is 11.3. The summed E-state index contributed by atoms with van der Waals surface area (Å²) in [4.78, 5) is 42.7. The first-order chi connectivity index (χ1) is 17.9. The van der Waals surface area contributed by atoms with E-state index in [-0.39, 0.29) is 17.9 Å². The van der Waals surface area contributed by atoms with Gasteiger partial charge in [0.2, 0.25) is 5.91 Å². The molecule has 0 aliphatic heterocycles. The number of rotatable bonds is 10. The van der Waals surface area contributed by atoms with Crippen LogP contribution in [0.5, 0.6) is 0 Å². The van der Waals surface area contributed by atoms with Gasteiger partial charge in [-0.05, 0) is 101 Å². The van der Waals surface area contributed by atoms with Crippen LogP contribution in [-0.2, 0) is 14.3 Å². The fraction of sp³-hybridized carbons (Fsp3) is 0.500. The molecule has 3 amide bonds. The van der Waals surface area contributed by atoms with Gasteiger partial charge in [0.1, 0.15) is 17.7 Å². The summed E-state index contributed by atoms with van der Waals surface area (Å²) in [5, 5.41) is 5.88. The molecule has 2 unspecified atom stereocenters. The normalized spacial score (nSPS) is 14.8. The van der Waals surface area contributed by atoms with E-state index < -0.39 is 23.8 Å². The second kappa shape index (κ2) is 12.7. The molecule has 1 saturated carbocycles. The first kappa shape index (κ1) is 29.6. The van der Waals surface area contributed by atoms with Gasteiger partial charge in [-0.1, -0.05) is 36.4 Å². The van der Waals surface area contributed by atoms with Gasteiger partial charge in [0.15, 0.2) is 0 Å². The van der Waals surface area contributed by atoms with Crippen molar-refractivity contribution in [1.29, 1.82) is 0 Å². The van der Waals surface area contributed by atoms with Crippen molar-refractivity contribution in [3.8, 4) is 0 Å². The lowest BCUT2D eigenvalue weighted by Gasteiger charge is -2.35. The third kappa shape index (κ3) is 7.76. The summed E-state index contributed by atoms with van der Waals surface area (Å²) >= 11 is 1.60. The molecule has 3 rings (SSSR count). The number of hydrogen-bond acceptors (Lipinski definition) is 5. The second-order valence-electron chi connectivity index (χ2n) is 11.0. The summed E-state index contributed by atoms with van der Waals surface area (Å²) < 4.78 is 5.47. The first-order valence-corrected chi connectivity index (χ1v) is 14.6. The van der Waals surface area contributed by atoms with Crippen molar-refractivity contribution in [2.75, 3.05) is 17.3 Å². The van der Waals surface area contributed by atoms with E-state index in [4.69, 9.17) is 4.74 Å². The van der Waals surface area contributed by atoms with Crippen molar-refractivity contribution in [3.05, 3.63) is 64.7 Å². The fourth-order valence-electron chi connectivity index (χ4n) is 4.40. The Balaban J connectivity index is 2.02. The standard InChI is InChI=1S/C30H41N3O4S/c1-19-12-10-13-23(21(19)3)26(27(34)31-24-14-9-8-11-20(24)2)33(22-15-16-22)28(35)25(17-18-38-7)32-29(36)37-30(4,5)6/h8-14,22,25-26H,15-18H2,1-7H3,(H,31,34)(H,32,36). The lowest BCUT2D eigenvalue weighted by Crippen LogP contribution is -2.53. The maximum absolute atomic E-state index is 14.2. The Hall–Kier alpha value is -3.00. The molecule has 1 fully saturated rings. The molecule has 1 aliphatic carbocycles. The van der Waals surface area contributed by atoms with Crippen molar-refractivity contribution in [2.45, 2.75) is 84.5 Å². The number of benzene rings is 2. The van der Waals surface area contributed by atoms with Crippen molar-refractivity contribution < 1.29 is 19.1 Å². The van der Waals surface area contributed by atoms with Crippen LogP contribution >= 0.6 is 11.8 Å². The maximum Gasteiger partial charge on any atom is 0.408 e. The number of carbonyl (C=O) groups is 3. The lowest BCUT2D eigenvalue weighted by atomic mass is 9.94. The van der Waals surface area contributed by atoms with Gasteiger partial charge in [0.25, 0.3) is 5.91 Å². The van der Waals surface area contributed by atoms with Crippen LogP contribution in [0.2, 0.25) is 0 Å². The lowest BCUT2D eigenvalue weighted by molar-refractivity contribution is -0.141. The molecule has 0 bridgehead atoms. The van der Waals surface area contributed by atoms with Crippen LogP contribution in [0, 0.1) is 20.8 Å². The average Bonchev–Trinajstić information content (AvgIpc) is 3.67. The van der Waals surface area contributed by atoms with Crippen LogP contribution in [0.1, 0.15) is 68.3 Å². The highest BCUT2D eigenvalue weighted by molar-refractivity contribution is 7.98. The Morgan fingerprint density at radius 3 is 2.29 bits per heavy atom. The predicted molar refractivity (Wildman–Crippen MR) is 154 cm³/mol. The number of anilines is 1. The topological polar surface area (TPSA) is 87.7 Å². The molecule has 2 aromatic rings. The highest BCUT2D eigenvalue weighted by atomic mass is 32.2. The number of alkyl carbamates (subject to hydrolysis) is 1. The largest absolute Gasteiger partial charge is 0.444 e. The van der Waals surface area contributed by atoms with E-state index >= 15 is 0 Å². The molecule has 0 aromatic heterocycles. The minimum atomic E-state index is -0.841. The summed E-state index contributed by atoms with van der Waals surface area (Å²) in [7, 11) is 0. The Bertz CT molecular complexity index is 1160. The second-order valence-corrected chi connectivity index (χ2v) is 11.9. The van der Waals surface area contributed by atoms with Gasteiger partial charge in [0.05, 0.1) is 0 Å². The smallest absolute Gasteiger partial charge is 0.408 e. The van der Waals surface area contributed by atoms with Crippen LogP contribution in [0.15, 0.2) is 42.5 Å².